The summed E-state index contributed by atoms with van der Waals surface area (Å²) in [5.41, 5.74) is 2.25. The van der Waals surface area contributed by atoms with Gasteiger partial charge < -0.3 is 24.3 Å². The van der Waals surface area contributed by atoms with Gasteiger partial charge in [-0.25, -0.2) is 9.97 Å². The minimum Gasteiger partial charge on any atom is -0.481 e. The maximum absolute atomic E-state index is 13.1. The molecule has 0 aliphatic carbocycles. The number of hydrogen-bond acceptors (Lipinski definition) is 8. The van der Waals surface area contributed by atoms with Crippen LogP contribution in [0.25, 0.3) is 22.3 Å². The van der Waals surface area contributed by atoms with Crippen molar-refractivity contribution in [3.8, 4) is 17.1 Å². The molecule has 3 heterocycles. The van der Waals surface area contributed by atoms with Gasteiger partial charge in [0.25, 0.3) is 5.56 Å². The van der Waals surface area contributed by atoms with Gasteiger partial charge >= 0.3 is 0 Å². The highest BCUT2D eigenvalue weighted by Gasteiger charge is 2.14. The number of pyridine rings is 2. The molecule has 0 aliphatic rings. The van der Waals surface area contributed by atoms with Gasteiger partial charge in [0, 0.05) is 45.1 Å². The van der Waals surface area contributed by atoms with Crippen LogP contribution in [0, 0.1) is 0 Å². The van der Waals surface area contributed by atoms with Crippen LogP contribution >= 0.6 is 0 Å². The summed E-state index contributed by atoms with van der Waals surface area (Å²) < 4.78 is 12.1. The summed E-state index contributed by atoms with van der Waals surface area (Å²) in [6.07, 6.45) is 3.26. The maximum Gasteiger partial charge on any atom is 0.293 e. The second-order valence-electron chi connectivity index (χ2n) is 6.90. The standard InChI is InChI=1S/C21H26N6O4/c1-5-31-9-8-27-17-10-15(14-6-7-18(30-4)23-11-14)22-12-16(17)25-20(21(27)29)24-13-19(28)26(2)3/h6-7,10-12H,5,8-9,13H2,1-4H3,(H,24,25). The van der Waals surface area contributed by atoms with Gasteiger partial charge in [-0.2, -0.15) is 0 Å². The molecule has 0 bridgehead atoms. The lowest BCUT2D eigenvalue weighted by Crippen LogP contribution is -2.32. The maximum atomic E-state index is 13.1. The number of rotatable bonds is 9. The van der Waals surface area contributed by atoms with Crippen LogP contribution in [0.2, 0.25) is 0 Å². The summed E-state index contributed by atoms with van der Waals surface area (Å²) in [6, 6.07) is 5.39. The molecule has 0 aliphatic heterocycles. The fourth-order valence-electron chi connectivity index (χ4n) is 2.91. The van der Waals surface area contributed by atoms with Crippen LogP contribution in [0.1, 0.15) is 6.92 Å². The summed E-state index contributed by atoms with van der Waals surface area (Å²) in [7, 11) is 4.85. The quantitative estimate of drug-likeness (QED) is 0.511. The lowest BCUT2D eigenvalue weighted by atomic mass is 10.2. The first-order valence-corrected chi connectivity index (χ1v) is 9.87. The molecule has 3 rings (SSSR count). The molecule has 1 amide bonds. The highest BCUT2D eigenvalue weighted by molar-refractivity contribution is 5.82. The van der Waals surface area contributed by atoms with E-state index in [1.165, 1.54) is 4.90 Å². The van der Waals surface area contributed by atoms with Crippen molar-refractivity contribution >= 4 is 22.8 Å². The molecule has 0 radical (unpaired) electrons. The first-order chi connectivity index (χ1) is 14.9. The molecule has 0 atom stereocenters. The SMILES string of the molecule is CCOCCn1c(=O)c(NCC(=O)N(C)C)nc2cnc(-c3ccc(OC)nc3)cc21. The summed E-state index contributed by atoms with van der Waals surface area (Å²) >= 11 is 0. The predicted octanol–water partition coefficient (Wildman–Crippen LogP) is 1.40. The van der Waals surface area contributed by atoms with Crippen LogP contribution in [0.15, 0.2) is 35.4 Å². The Kier molecular flexibility index (Phi) is 7.14. The number of nitrogens with zero attached hydrogens (tertiary/aromatic N) is 5. The number of anilines is 1. The third-order valence-corrected chi connectivity index (χ3v) is 4.64. The minimum atomic E-state index is -0.330. The van der Waals surface area contributed by atoms with Gasteiger partial charge in [-0.3, -0.25) is 14.6 Å². The van der Waals surface area contributed by atoms with Gasteiger partial charge in [-0.05, 0) is 19.1 Å². The summed E-state index contributed by atoms with van der Waals surface area (Å²) in [4.78, 5) is 39.5. The van der Waals surface area contributed by atoms with Gasteiger partial charge in [0.2, 0.25) is 11.8 Å². The van der Waals surface area contributed by atoms with Gasteiger partial charge in [0.1, 0.15) is 5.52 Å². The molecule has 31 heavy (non-hydrogen) atoms. The number of carbonyl (C=O) groups excluding carboxylic acids is 1. The van der Waals surface area contributed by atoms with Crippen LogP contribution in [-0.2, 0) is 16.1 Å². The van der Waals surface area contributed by atoms with Crippen molar-refractivity contribution in [1.29, 1.82) is 0 Å². The number of nitrogens with one attached hydrogen (secondary N) is 1. The second kappa shape index (κ2) is 9.98. The van der Waals surface area contributed by atoms with E-state index < -0.39 is 0 Å². The van der Waals surface area contributed by atoms with Gasteiger partial charge in [0.05, 0.1) is 37.7 Å². The van der Waals surface area contributed by atoms with Crippen LogP contribution in [0.4, 0.5) is 5.82 Å². The average Bonchev–Trinajstić information content (AvgIpc) is 2.78. The minimum absolute atomic E-state index is 0.0325. The second-order valence-corrected chi connectivity index (χ2v) is 6.90. The molecular formula is C21H26N6O4. The van der Waals surface area contributed by atoms with Crippen LogP contribution < -0.4 is 15.6 Å². The molecule has 3 aromatic heterocycles. The van der Waals surface area contributed by atoms with Gasteiger partial charge in [0.15, 0.2) is 5.82 Å². The molecule has 0 saturated heterocycles. The normalized spacial score (nSPS) is 10.8. The topological polar surface area (TPSA) is 111 Å². The van der Waals surface area contributed by atoms with E-state index in [4.69, 9.17) is 9.47 Å². The van der Waals surface area contributed by atoms with Crippen LogP contribution in [0.3, 0.4) is 0 Å². The monoisotopic (exact) mass is 426 g/mol. The Morgan fingerprint density at radius 2 is 2.03 bits per heavy atom. The van der Waals surface area contributed by atoms with E-state index in [2.05, 4.69) is 20.3 Å². The van der Waals surface area contributed by atoms with Gasteiger partial charge in [-0.1, -0.05) is 0 Å². The smallest absolute Gasteiger partial charge is 0.293 e. The lowest BCUT2D eigenvalue weighted by Gasteiger charge is -2.15. The molecule has 3 aromatic rings. The molecule has 0 spiro atoms. The first-order valence-electron chi connectivity index (χ1n) is 9.87. The number of methoxy groups -OCH3 is 1. The van der Waals surface area contributed by atoms with E-state index >= 15 is 0 Å². The Morgan fingerprint density at radius 3 is 2.68 bits per heavy atom. The summed E-state index contributed by atoms with van der Waals surface area (Å²) in [5.74, 6) is 0.435. The zero-order valence-electron chi connectivity index (χ0n) is 18.1. The van der Waals surface area contributed by atoms with E-state index in [9.17, 15) is 9.59 Å². The number of hydrogen-bond donors (Lipinski definition) is 1. The molecule has 10 heteroatoms. The molecule has 0 unspecified atom stereocenters. The zero-order chi connectivity index (χ0) is 22.4. The van der Waals surface area contributed by atoms with E-state index in [1.54, 1.807) is 50.3 Å². The first kappa shape index (κ1) is 22.2. The van der Waals surface area contributed by atoms with Crippen LogP contribution in [0.5, 0.6) is 5.88 Å². The molecule has 0 aromatic carbocycles. The average molecular weight is 426 g/mol. The predicted molar refractivity (Wildman–Crippen MR) is 117 cm³/mol. The Hall–Kier alpha value is -3.53. The lowest BCUT2D eigenvalue weighted by molar-refractivity contribution is -0.126. The highest BCUT2D eigenvalue weighted by atomic mass is 16.5. The van der Waals surface area contributed by atoms with E-state index in [-0.39, 0.29) is 23.8 Å². The number of ether oxygens (including phenoxy) is 2. The van der Waals surface area contributed by atoms with Crippen molar-refractivity contribution < 1.29 is 14.3 Å². The molecule has 1 N–H and O–H groups in total. The largest absolute Gasteiger partial charge is 0.481 e. The van der Waals surface area contributed by atoms with Crippen molar-refractivity contribution in [3.63, 3.8) is 0 Å². The summed E-state index contributed by atoms with van der Waals surface area (Å²) in [6.45, 7) is 3.12. The fourth-order valence-corrected chi connectivity index (χ4v) is 2.91. The number of likely N-dealkylation sites (N-methyl/N-ethyl adjacent to an activating group) is 1. The molecule has 10 nitrogen and oxygen atoms in total. The third kappa shape index (κ3) is 5.15. The molecular weight excluding hydrogens is 400 g/mol. The molecule has 164 valence electrons. The highest BCUT2D eigenvalue weighted by Crippen LogP contribution is 2.22. The van der Waals surface area contributed by atoms with Crippen molar-refractivity contribution in [2.45, 2.75) is 13.5 Å². The number of amides is 1. The third-order valence-electron chi connectivity index (χ3n) is 4.64. The van der Waals surface area contributed by atoms with E-state index in [1.807, 2.05) is 13.0 Å². The summed E-state index contributed by atoms with van der Waals surface area (Å²) in [5, 5.41) is 2.85. The van der Waals surface area contributed by atoms with Gasteiger partial charge in [-0.15, -0.1) is 0 Å². The Bertz CT molecular complexity index is 1110. The van der Waals surface area contributed by atoms with E-state index in [0.717, 1.165) is 5.56 Å². The Balaban J connectivity index is 2.04. The van der Waals surface area contributed by atoms with Crippen molar-refractivity contribution in [2.24, 2.45) is 0 Å². The van der Waals surface area contributed by atoms with Crippen LogP contribution in [-0.4, -0.2) is 71.3 Å². The Morgan fingerprint density at radius 1 is 1.23 bits per heavy atom. The zero-order valence-corrected chi connectivity index (χ0v) is 18.1. The van der Waals surface area contributed by atoms with Crippen molar-refractivity contribution in [2.75, 3.05) is 46.3 Å². The molecule has 0 saturated carbocycles. The van der Waals surface area contributed by atoms with E-state index in [0.29, 0.717) is 42.4 Å². The molecule has 0 fully saturated rings. The number of fused-ring (bicyclic) bond motifs is 1. The number of aromatic nitrogens is 4. The fraction of sp³-hybridized carbons (Fsp3) is 0.381. The Labute approximate surface area is 179 Å². The van der Waals surface area contributed by atoms with Crippen molar-refractivity contribution in [1.82, 2.24) is 24.4 Å². The number of carbonyl (C=O) groups is 1. The van der Waals surface area contributed by atoms with Crippen molar-refractivity contribution in [3.05, 3.63) is 40.9 Å².